The van der Waals surface area contributed by atoms with Crippen LogP contribution in [0.3, 0.4) is 0 Å². The van der Waals surface area contributed by atoms with Gasteiger partial charge in [0.2, 0.25) is 0 Å². The number of carbonyl (C=O) groups excluding carboxylic acids is 2. The molecule has 1 aromatic heterocycles. The molecule has 0 saturated carbocycles. The summed E-state index contributed by atoms with van der Waals surface area (Å²) in [6.07, 6.45) is 2.62. The number of carbonyl (C=O) groups is 2. The van der Waals surface area contributed by atoms with E-state index in [9.17, 15) is 18.4 Å². The normalized spacial score (nSPS) is 10.4. The monoisotopic (exact) mass is 371 g/mol. The number of aryl methyl sites for hydroxylation is 1. The van der Waals surface area contributed by atoms with E-state index in [1.165, 1.54) is 30.6 Å². The van der Waals surface area contributed by atoms with E-state index in [1.54, 1.807) is 6.92 Å². The van der Waals surface area contributed by atoms with Crippen LogP contribution in [0.25, 0.3) is 0 Å². The molecule has 0 unspecified atom stereocenters. The summed E-state index contributed by atoms with van der Waals surface area (Å²) in [5.74, 6) is -1.67. The molecular formula is C15H12ClF2N3O4. The first-order valence-electron chi connectivity index (χ1n) is 6.85. The number of rotatable bonds is 6. The predicted octanol–water partition coefficient (Wildman–Crippen LogP) is 2.84. The van der Waals surface area contributed by atoms with Gasteiger partial charge in [0.05, 0.1) is 16.9 Å². The molecule has 1 aromatic carbocycles. The van der Waals surface area contributed by atoms with Crippen LogP contribution in [-0.4, -0.2) is 35.1 Å². The maximum absolute atomic E-state index is 12.1. The number of hydrogen-bond donors (Lipinski definition) is 1. The second-order valence-corrected chi connectivity index (χ2v) is 5.10. The van der Waals surface area contributed by atoms with Gasteiger partial charge in [0, 0.05) is 11.9 Å². The fourth-order valence-electron chi connectivity index (χ4n) is 1.67. The summed E-state index contributed by atoms with van der Waals surface area (Å²) < 4.78 is 33.3. The lowest BCUT2D eigenvalue weighted by molar-refractivity contribution is -0.119. The molecule has 0 aliphatic rings. The predicted molar refractivity (Wildman–Crippen MR) is 83.8 cm³/mol. The highest BCUT2D eigenvalue weighted by Gasteiger charge is 2.13. The molecule has 0 aliphatic heterocycles. The first-order valence-corrected chi connectivity index (χ1v) is 7.23. The van der Waals surface area contributed by atoms with Crippen LogP contribution in [0.15, 0.2) is 30.6 Å². The Hall–Kier alpha value is -2.81. The lowest BCUT2D eigenvalue weighted by Crippen LogP contribution is -2.21. The van der Waals surface area contributed by atoms with Crippen LogP contribution < -0.4 is 10.1 Å². The minimum atomic E-state index is -3.01. The summed E-state index contributed by atoms with van der Waals surface area (Å²) in [6, 6.07) is 3.72. The number of anilines is 1. The molecule has 0 bridgehead atoms. The molecule has 0 aliphatic carbocycles. The van der Waals surface area contributed by atoms with Gasteiger partial charge >= 0.3 is 12.6 Å². The van der Waals surface area contributed by atoms with Gasteiger partial charge in [-0.1, -0.05) is 11.6 Å². The van der Waals surface area contributed by atoms with E-state index in [0.717, 1.165) is 0 Å². The Kier molecular flexibility index (Phi) is 6.18. The molecule has 0 fully saturated rings. The van der Waals surface area contributed by atoms with Crippen molar-refractivity contribution in [2.75, 3.05) is 11.9 Å². The third-order valence-corrected chi connectivity index (χ3v) is 3.05. The van der Waals surface area contributed by atoms with Gasteiger partial charge in [-0.15, -0.1) is 0 Å². The van der Waals surface area contributed by atoms with Crippen molar-refractivity contribution >= 4 is 29.2 Å². The standard InChI is InChI=1S/C15H12ClF2N3O4/c1-8-5-20-11(6-19-8)14(23)24-7-13(22)21-9-2-3-12(10(16)4-9)25-15(17)18/h2-6,15H,7H2,1H3,(H,21,22). The fraction of sp³-hybridized carbons (Fsp3) is 0.200. The van der Waals surface area contributed by atoms with Gasteiger partial charge in [-0.3, -0.25) is 9.78 Å². The number of esters is 1. The molecule has 132 valence electrons. The minimum Gasteiger partial charge on any atom is -0.451 e. The Balaban J connectivity index is 1.88. The molecule has 25 heavy (non-hydrogen) atoms. The summed E-state index contributed by atoms with van der Waals surface area (Å²) in [7, 11) is 0. The smallest absolute Gasteiger partial charge is 0.387 e. The summed E-state index contributed by atoms with van der Waals surface area (Å²) in [6.45, 7) is -1.87. The maximum atomic E-state index is 12.1. The molecular weight excluding hydrogens is 360 g/mol. The minimum absolute atomic E-state index is 0.0325. The van der Waals surface area contributed by atoms with E-state index in [0.29, 0.717) is 5.69 Å². The molecule has 2 rings (SSSR count). The van der Waals surface area contributed by atoms with Gasteiger partial charge in [0.1, 0.15) is 5.75 Å². The molecule has 1 amide bonds. The van der Waals surface area contributed by atoms with Crippen molar-refractivity contribution in [3.05, 3.63) is 47.0 Å². The highest BCUT2D eigenvalue weighted by molar-refractivity contribution is 6.32. The first kappa shape index (κ1) is 18.5. The highest BCUT2D eigenvalue weighted by Crippen LogP contribution is 2.28. The van der Waals surface area contributed by atoms with Crippen LogP contribution >= 0.6 is 11.6 Å². The van der Waals surface area contributed by atoms with Gasteiger partial charge < -0.3 is 14.8 Å². The Morgan fingerprint density at radius 1 is 1.28 bits per heavy atom. The number of halogens is 3. The second kappa shape index (κ2) is 8.34. The van der Waals surface area contributed by atoms with Gasteiger partial charge in [0.25, 0.3) is 5.91 Å². The van der Waals surface area contributed by atoms with Crippen LogP contribution in [-0.2, 0) is 9.53 Å². The lowest BCUT2D eigenvalue weighted by atomic mass is 10.3. The van der Waals surface area contributed by atoms with Crippen LogP contribution in [0.4, 0.5) is 14.5 Å². The fourth-order valence-corrected chi connectivity index (χ4v) is 1.90. The number of hydrogen-bond acceptors (Lipinski definition) is 6. The SMILES string of the molecule is Cc1cnc(C(=O)OCC(=O)Nc2ccc(OC(F)F)c(Cl)c2)cn1. The number of alkyl halides is 2. The number of aromatic nitrogens is 2. The van der Waals surface area contributed by atoms with E-state index in [-0.39, 0.29) is 22.2 Å². The second-order valence-electron chi connectivity index (χ2n) is 4.69. The third-order valence-electron chi connectivity index (χ3n) is 2.76. The number of nitrogens with zero attached hydrogens (tertiary/aromatic N) is 2. The summed E-state index contributed by atoms with van der Waals surface area (Å²) >= 11 is 5.77. The molecule has 7 nitrogen and oxygen atoms in total. The molecule has 0 atom stereocenters. The van der Waals surface area contributed by atoms with E-state index >= 15 is 0 Å². The topological polar surface area (TPSA) is 90.4 Å². The average Bonchev–Trinajstić information content (AvgIpc) is 2.55. The van der Waals surface area contributed by atoms with E-state index in [1.807, 2.05) is 0 Å². The van der Waals surface area contributed by atoms with Crippen molar-refractivity contribution in [3.63, 3.8) is 0 Å². The van der Waals surface area contributed by atoms with Crippen LogP contribution in [0, 0.1) is 6.92 Å². The van der Waals surface area contributed by atoms with Gasteiger partial charge in [0.15, 0.2) is 12.3 Å². The van der Waals surface area contributed by atoms with E-state index in [4.69, 9.17) is 16.3 Å². The maximum Gasteiger partial charge on any atom is 0.387 e. The number of amides is 1. The zero-order valence-electron chi connectivity index (χ0n) is 12.8. The Labute approximate surface area is 145 Å². The van der Waals surface area contributed by atoms with Crippen LogP contribution in [0.1, 0.15) is 16.2 Å². The Bertz CT molecular complexity index is 772. The summed E-state index contributed by atoms with van der Waals surface area (Å²) in [4.78, 5) is 31.2. The quantitative estimate of drug-likeness (QED) is 0.785. The van der Waals surface area contributed by atoms with Crippen LogP contribution in [0.5, 0.6) is 5.75 Å². The molecule has 10 heteroatoms. The Morgan fingerprint density at radius 2 is 2.04 bits per heavy atom. The van der Waals surface area contributed by atoms with E-state index < -0.39 is 25.1 Å². The largest absolute Gasteiger partial charge is 0.451 e. The van der Waals surface area contributed by atoms with Gasteiger partial charge in [-0.2, -0.15) is 8.78 Å². The average molecular weight is 372 g/mol. The number of nitrogens with one attached hydrogen (secondary N) is 1. The third kappa shape index (κ3) is 5.64. The van der Waals surface area contributed by atoms with Crippen LogP contribution in [0.2, 0.25) is 5.02 Å². The number of ether oxygens (including phenoxy) is 2. The lowest BCUT2D eigenvalue weighted by Gasteiger charge is -2.10. The highest BCUT2D eigenvalue weighted by atomic mass is 35.5. The van der Waals surface area contributed by atoms with Crippen molar-refractivity contribution in [2.24, 2.45) is 0 Å². The summed E-state index contributed by atoms with van der Waals surface area (Å²) in [5, 5.41) is 2.29. The van der Waals surface area contributed by atoms with Gasteiger partial charge in [-0.25, -0.2) is 9.78 Å². The molecule has 0 spiro atoms. The molecule has 1 N–H and O–H groups in total. The van der Waals surface area contributed by atoms with Gasteiger partial charge in [-0.05, 0) is 25.1 Å². The number of benzene rings is 1. The van der Waals surface area contributed by atoms with Crippen molar-refractivity contribution < 1.29 is 27.8 Å². The van der Waals surface area contributed by atoms with Crippen molar-refractivity contribution in [1.29, 1.82) is 0 Å². The first-order chi connectivity index (χ1) is 11.8. The van der Waals surface area contributed by atoms with Crippen molar-refractivity contribution in [1.82, 2.24) is 9.97 Å². The zero-order chi connectivity index (χ0) is 18.4. The van der Waals surface area contributed by atoms with E-state index in [2.05, 4.69) is 20.0 Å². The molecule has 0 saturated heterocycles. The van der Waals surface area contributed by atoms with Crippen molar-refractivity contribution in [2.45, 2.75) is 13.5 Å². The Morgan fingerprint density at radius 3 is 2.64 bits per heavy atom. The molecule has 1 heterocycles. The summed E-state index contributed by atoms with van der Waals surface area (Å²) in [5.41, 5.74) is 0.822. The zero-order valence-corrected chi connectivity index (χ0v) is 13.6. The molecule has 0 radical (unpaired) electrons. The van der Waals surface area contributed by atoms with Crippen molar-refractivity contribution in [3.8, 4) is 5.75 Å². The molecule has 2 aromatic rings.